The maximum Gasteiger partial charge on any atom is 0.433 e. The summed E-state index contributed by atoms with van der Waals surface area (Å²) in [6.45, 7) is 0.316. The molecule has 6 rings (SSSR count). The second kappa shape index (κ2) is 7.25. The third-order valence-electron chi connectivity index (χ3n) is 8.33. The van der Waals surface area contributed by atoms with Crippen molar-refractivity contribution >= 4 is 17.8 Å². The molecule has 4 aliphatic carbocycles. The van der Waals surface area contributed by atoms with Crippen molar-refractivity contribution in [3.8, 4) is 0 Å². The first kappa shape index (κ1) is 21.3. The third-order valence-corrected chi connectivity index (χ3v) is 8.33. The molecule has 2 heterocycles. The molecule has 0 spiro atoms. The molecule has 0 aromatic carbocycles. The molecule has 7 atom stereocenters. The van der Waals surface area contributed by atoms with E-state index in [4.69, 9.17) is 5.73 Å². The van der Waals surface area contributed by atoms with Crippen molar-refractivity contribution in [2.24, 2.45) is 34.8 Å². The molecule has 1 aromatic rings. The Hall–Kier alpha value is -2.52. The van der Waals surface area contributed by atoms with Crippen LogP contribution in [0.2, 0.25) is 0 Å². The number of nitrogens with one attached hydrogen (secondary N) is 1. The minimum atomic E-state index is -4.55. The maximum absolute atomic E-state index is 13.1. The summed E-state index contributed by atoms with van der Waals surface area (Å²) in [6.07, 6.45) is -0.986. The van der Waals surface area contributed by atoms with Gasteiger partial charge in [0.2, 0.25) is 5.91 Å². The number of alkyl halides is 3. The molecule has 1 aliphatic heterocycles. The molecule has 2 amide bonds. The second-order valence-corrected chi connectivity index (χ2v) is 10.1. The van der Waals surface area contributed by atoms with Gasteiger partial charge >= 0.3 is 12.3 Å². The van der Waals surface area contributed by atoms with E-state index >= 15 is 0 Å². The van der Waals surface area contributed by atoms with Crippen molar-refractivity contribution < 1.29 is 27.9 Å². The lowest BCUT2D eigenvalue weighted by atomic mass is 9.44. The number of amides is 2. The molecule has 5 unspecified atom stereocenters. The van der Waals surface area contributed by atoms with Crippen LogP contribution in [0.15, 0.2) is 18.2 Å². The number of pyridine rings is 1. The lowest BCUT2D eigenvalue weighted by molar-refractivity contribution is -0.154. The van der Waals surface area contributed by atoms with Gasteiger partial charge < -0.3 is 21.1 Å². The summed E-state index contributed by atoms with van der Waals surface area (Å²) in [4.78, 5) is 29.5. The molecule has 4 saturated carbocycles. The van der Waals surface area contributed by atoms with Gasteiger partial charge in [0.25, 0.3) is 0 Å². The Labute approximate surface area is 183 Å². The number of rotatable bonds is 4. The number of nitrogens with two attached hydrogens (primary N) is 1. The molecule has 1 saturated heterocycles. The van der Waals surface area contributed by atoms with E-state index in [-0.39, 0.29) is 41.6 Å². The summed E-state index contributed by atoms with van der Waals surface area (Å²) >= 11 is 0. The van der Waals surface area contributed by atoms with Crippen LogP contribution in [0.1, 0.15) is 44.2 Å². The van der Waals surface area contributed by atoms with E-state index in [9.17, 15) is 27.9 Å². The standard InChI is InChI=1S/C22H27F3N4O3/c23-22(24,25)15-2-1-3-16(28-15)27-14-4-5-29(20(31)32)18(14)17-12-6-11-7-13(17)10-21(8-11,9-12)19(26)30/h1-3,11-14,17-18H,4-10H2,(H2,26,30)(H,27,28)(H,31,32)/t11?,12-,13+,14?,17?,18?,21?. The highest BCUT2D eigenvalue weighted by Gasteiger charge is 2.61. The highest BCUT2D eigenvalue weighted by atomic mass is 19.4. The minimum absolute atomic E-state index is 0.0564. The van der Waals surface area contributed by atoms with Crippen LogP contribution in [0.25, 0.3) is 0 Å². The smallest absolute Gasteiger partial charge is 0.433 e. The summed E-state index contributed by atoms with van der Waals surface area (Å²) in [5, 5.41) is 13.0. The quantitative estimate of drug-likeness (QED) is 0.647. The summed E-state index contributed by atoms with van der Waals surface area (Å²) in [6, 6.07) is 2.99. The normalized spacial score (nSPS) is 38.2. The Morgan fingerprint density at radius 3 is 2.47 bits per heavy atom. The van der Waals surface area contributed by atoms with Crippen molar-refractivity contribution in [1.29, 1.82) is 0 Å². The number of anilines is 1. The predicted octanol–water partition coefficient (Wildman–Crippen LogP) is 3.56. The Bertz CT molecular complexity index is 923. The van der Waals surface area contributed by atoms with E-state index in [0.29, 0.717) is 31.7 Å². The Morgan fingerprint density at radius 2 is 1.88 bits per heavy atom. The number of aromatic nitrogens is 1. The number of halogens is 3. The molecule has 4 N–H and O–H groups in total. The molecule has 1 aromatic heterocycles. The maximum atomic E-state index is 13.1. The molecule has 5 fully saturated rings. The lowest BCUT2D eigenvalue weighted by Crippen LogP contribution is -2.61. The lowest BCUT2D eigenvalue weighted by Gasteiger charge is -2.61. The highest BCUT2D eigenvalue weighted by Crippen LogP contribution is 2.63. The van der Waals surface area contributed by atoms with E-state index in [1.807, 2.05) is 0 Å². The van der Waals surface area contributed by atoms with Crippen LogP contribution < -0.4 is 11.1 Å². The van der Waals surface area contributed by atoms with Gasteiger partial charge in [0.1, 0.15) is 11.5 Å². The van der Waals surface area contributed by atoms with Gasteiger partial charge in [0.15, 0.2) is 0 Å². The van der Waals surface area contributed by atoms with Crippen LogP contribution in [0, 0.1) is 29.1 Å². The number of carbonyl (C=O) groups is 2. The van der Waals surface area contributed by atoms with Crippen molar-refractivity contribution in [2.45, 2.75) is 56.8 Å². The largest absolute Gasteiger partial charge is 0.465 e. The van der Waals surface area contributed by atoms with Crippen molar-refractivity contribution in [2.75, 3.05) is 11.9 Å². The molecule has 174 valence electrons. The van der Waals surface area contributed by atoms with E-state index in [1.54, 1.807) is 0 Å². The monoisotopic (exact) mass is 452 g/mol. The fraction of sp³-hybridized carbons (Fsp3) is 0.682. The van der Waals surface area contributed by atoms with Gasteiger partial charge in [-0.25, -0.2) is 9.78 Å². The SMILES string of the molecule is NC(=O)C12CC3C[C@H](C1)C(C1C(Nc4cccc(C(F)(F)F)n4)CCN1C(=O)O)[C@@H](C3)C2. The highest BCUT2D eigenvalue weighted by molar-refractivity contribution is 5.81. The summed E-state index contributed by atoms with van der Waals surface area (Å²) in [5.74, 6) is 0.725. The van der Waals surface area contributed by atoms with Crippen molar-refractivity contribution in [3.63, 3.8) is 0 Å². The predicted molar refractivity (Wildman–Crippen MR) is 108 cm³/mol. The van der Waals surface area contributed by atoms with Crippen molar-refractivity contribution in [1.82, 2.24) is 9.88 Å². The number of carboxylic acid groups (broad SMARTS) is 1. The van der Waals surface area contributed by atoms with Gasteiger partial charge in [0, 0.05) is 12.0 Å². The van der Waals surface area contributed by atoms with Gasteiger partial charge in [-0.2, -0.15) is 13.2 Å². The van der Waals surface area contributed by atoms with E-state index in [0.717, 1.165) is 25.3 Å². The van der Waals surface area contributed by atoms with E-state index in [1.165, 1.54) is 17.0 Å². The average Bonchev–Trinajstić information content (AvgIpc) is 3.10. The first-order valence-corrected chi connectivity index (χ1v) is 11.2. The first-order valence-electron chi connectivity index (χ1n) is 11.2. The van der Waals surface area contributed by atoms with Gasteiger partial charge in [-0.3, -0.25) is 4.79 Å². The number of hydrogen-bond acceptors (Lipinski definition) is 4. The summed E-state index contributed by atoms with van der Waals surface area (Å²) in [5.41, 5.74) is 4.33. The average molecular weight is 452 g/mol. The zero-order chi connectivity index (χ0) is 22.8. The number of carbonyl (C=O) groups excluding carboxylic acids is 1. The first-order chi connectivity index (χ1) is 15.1. The number of primary amides is 1. The molecule has 4 bridgehead atoms. The molecular weight excluding hydrogens is 425 g/mol. The number of likely N-dealkylation sites (tertiary alicyclic amines) is 1. The van der Waals surface area contributed by atoms with E-state index in [2.05, 4.69) is 10.3 Å². The molecule has 7 nitrogen and oxygen atoms in total. The van der Waals surface area contributed by atoms with Gasteiger partial charge in [0.05, 0.1) is 12.1 Å². The van der Waals surface area contributed by atoms with Gasteiger partial charge in [-0.1, -0.05) is 6.07 Å². The Morgan fingerprint density at radius 1 is 1.19 bits per heavy atom. The second-order valence-electron chi connectivity index (χ2n) is 10.1. The zero-order valence-electron chi connectivity index (χ0n) is 17.5. The third kappa shape index (κ3) is 3.38. The summed E-state index contributed by atoms with van der Waals surface area (Å²) in [7, 11) is 0. The molecule has 0 radical (unpaired) electrons. The van der Waals surface area contributed by atoms with Crippen molar-refractivity contribution in [3.05, 3.63) is 23.9 Å². The number of hydrogen-bond donors (Lipinski definition) is 3. The Kier molecular flexibility index (Phi) is 4.83. The van der Waals surface area contributed by atoms with Crippen LogP contribution in [0.5, 0.6) is 0 Å². The zero-order valence-corrected chi connectivity index (χ0v) is 17.5. The van der Waals surface area contributed by atoms with Gasteiger partial charge in [-0.15, -0.1) is 0 Å². The molecular formula is C22H27F3N4O3. The number of nitrogens with zero attached hydrogens (tertiary/aromatic N) is 2. The fourth-order valence-electron chi connectivity index (χ4n) is 7.46. The van der Waals surface area contributed by atoms with Crippen LogP contribution in [0.3, 0.4) is 0 Å². The minimum Gasteiger partial charge on any atom is -0.465 e. The van der Waals surface area contributed by atoms with Crippen LogP contribution in [-0.2, 0) is 11.0 Å². The molecule has 10 heteroatoms. The van der Waals surface area contributed by atoms with Crippen LogP contribution in [0.4, 0.5) is 23.8 Å². The topological polar surface area (TPSA) is 109 Å². The molecule has 5 aliphatic rings. The van der Waals surface area contributed by atoms with Gasteiger partial charge in [-0.05, 0) is 74.3 Å². The Balaban J connectivity index is 1.43. The molecule has 32 heavy (non-hydrogen) atoms. The van der Waals surface area contributed by atoms with E-state index < -0.39 is 23.4 Å². The summed E-state index contributed by atoms with van der Waals surface area (Å²) < 4.78 is 39.3. The van der Waals surface area contributed by atoms with Crippen LogP contribution >= 0.6 is 0 Å². The van der Waals surface area contributed by atoms with Crippen LogP contribution in [-0.4, -0.2) is 45.6 Å². The fourth-order valence-corrected chi connectivity index (χ4v) is 7.46.